The van der Waals surface area contributed by atoms with Gasteiger partial charge in [0, 0.05) is 37.9 Å². The molecule has 23 heavy (non-hydrogen) atoms. The topological polar surface area (TPSA) is 41.5 Å². The van der Waals surface area contributed by atoms with Gasteiger partial charge in [-0.2, -0.15) is 0 Å². The summed E-state index contributed by atoms with van der Waals surface area (Å²) < 4.78 is 5.82. The molecule has 2 fully saturated rings. The number of piperidine rings is 1. The highest BCUT2D eigenvalue weighted by atomic mass is 16.5. The maximum absolute atomic E-state index is 5.82. The molecule has 0 aromatic carbocycles. The third kappa shape index (κ3) is 4.64. The molecule has 1 aromatic heterocycles. The molecule has 3 rings (SSSR count). The Bertz CT molecular complexity index is 492. The molecule has 2 atom stereocenters. The molecule has 0 aliphatic carbocycles. The van der Waals surface area contributed by atoms with E-state index in [1.807, 2.05) is 6.92 Å². The molecule has 1 aromatic rings. The average molecular weight is 318 g/mol. The van der Waals surface area contributed by atoms with Crippen LogP contribution in [0.5, 0.6) is 0 Å². The molecule has 0 N–H and O–H groups in total. The van der Waals surface area contributed by atoms with Gasteiger partial charge in [0.1, 0.15) is 12.1 Å². The second-order valence-electron chi connectivity index (χ2n) is 7.25. The lowest BCUT2D eigenvalue weighted by Gasteiger charge is -2.37. The van der Waals surface area contributed by atoms with Crippen molar-refractivity contribution in [2.45, 2.75) is 52.2 Å². The van der Waals surface area contributed by atoms with Gasteiger partial charge in [-0.1, -0.05) is 0 Å². The highest BCUT2D eigenvalue weighted by Crippen LogP contribution is 2.24. The maximum atomic E-state index is 5.82. The lowest BCUT2D eigenvalue weighted by molar-refractivity contribution is -0.0690. The first-order valence-electron chi connectivity index (χ1n) is 9.01. The van der Waals surface area contributed by atoms with Gasteiger partial charge in [0.05, 0.1) is 12.2 Å². The van der Waals surface area contributed by atoms with Gasteiger partial charge in [-0.3, -0.25) is 4.90 Å². The van der Waals surface area contributed by atoms with E-state index in [1.54, 1.807) is 6.33 Å². The van der Waals surface area contributed by atoms with Crippen LogP contribution in [0.15, 0.2) is 12.4 Å². The van der Waals surface area contributed by atoms with Crippen LogP contribution in [0, 0.1) is 12.8 Å². The number of anilines is 1. The summed E-state index contributed by atoms with van der Waals surface area (Å²) >= 11 is 0. The Morgan fingerprint density at radius 3 is 2.48 bits per heavy atom. The number of ether oxygens (including phenoxy) is 1. The fourth-order valence-corrected chi connectivity index (χ4v) is 3.90. The third-order valence-corrected chi connectivity index (χ3v) is 5.08. The smallest absolute Gasteiger partial charge is 0.132 e. The zero-order valence-corrected chi connectivity index (χ0v) is 14.7. The number of aryl methyl sites for hydroxylation is 1. The van der Waals surface area contributed by atoms with Gasteiger partial charge in [0.25, 0.3) is 0 Å². The van der Waals surface area contributed by atoms with Crippen molar-refractivity contribution >= 4 is 5.82 Å². The van der Waals surface area contributed by atoms with Crippen molar-refractivity contribution in [3.8, 4) is 0 Å². The lowest BCUT2D eigenvalue weighted by atomic mass is 9.93. The van der Waals surface area contributed by atoms with Crippen molar-refractivity contribution in [2.75, 3.05) is 37.6 Å². The Morgan fingerprint density at radius 2 is 1.83 bits per heavy atom. The predicted octanol–water partition coefficient (Wildman–Crippen LogP) is 2.50. The SMILES string of the molecule is Cc1cc(N2CCC(CCN3CC(C)OC(C)C3)CC2)ncn1. The van der Waals surface area contributed by atoms with Gasteiger partial charge in [0.15, 0.2) is 0 Å². The predicted molar refractivity (Wildman–Crippen MR) is 92.8 cm³/mol. The Kier molecular flexibility index (Phi) is 5.49. The molecule has 2 aliphatic rings. The fourth-order valence-electron chi connectivity index (χ4n) is 3.90. The summed E-state index contributed by atoms with van der Waals surface area (Å²) in [5.74, 6) is 1.94. The van der Waals surface area contributed by atoms with E-state index in [4.69, 9.17) is 4.74 Å². The molecule has 2 saturated heterocycles. The Labute approximate surface area is 140 Å². The number of rotatable bonds is 4. The molecule has 0 saturated carbocycles. The van der Waals surface area contributed by atoms with Crippen LogP contribution in [0.2, 0.25) is 0 Å². The van der Waals surface area contributed by atoms with E-state index in [9.17, 15) is 0 Å². The quantitative estimate of drug-likeness (QED) is 0.853. The molecular formula is C18H30N4O. The summed E-state index contributed by atoms with van der Waals surface area (Å²) in [5, 5.41) is 0. The van der Waals surface area contributed by atoms with Crippen molar-refractivity contribution in [1.82, 2.24) is 14.9 Å². The van der Waals surface area contributed by atoms with Crippen LogP contribution >= 0.6 is 0 Å². The number of hydrogen-bond acceptors (Lipinski definition) is 5. The molecule has 5 nitrogen and oxygen atoms in total. The van der Waals surface area contributed by atoms with E-state index in [0.29, 0.717) is 12.2 Å². The van der Waals surface area contributed by atoms with E-state index in [2.05, 4.69) is 39.7 Å². The summed E-state index contributed by atoms with van der Waals surface area (Å²) in [7, 11) is 0. The summed E-state index contributed by atoms with van der Waals surface area (Å²) in [4.78, 5) is 13.6. The molecule has 3 heterocycles. The molecule has 0 bridgehead atoms. The minimum absolute atomic E-state index is 0.376. The van der Waals surface area contributed by atoms with Crippen molar-refractivity contribution in [3.05, 3.63) is 18.1 Å². The van der Waals surface area contributed by atoms with Crippen LogP contribution in [0.3, 0.4) is 0 Å². The largest absolute Gasteiger partial charge is 0.373 e. The van der Waals surface area contributed by atoms with Crippen molar-refractivity contribution in [1.29, 1.82) is 0 Å². The van der Waals surface area contributed by atoms with Gasteiger partial charge in [0.2, 0.25) is 0 Å². The molecule has 2 unspecified atom stereocenters. The van der Waals surface area contributed by atoms with Crippen LogP contribution in [0.4, 0.5) is 5.82 Å². The highest BCUT2D eigenvalue weighted by molar-refractivity contribution is 5.38. The van der Waals surface area contributed by atoms with Crippen molar-refractivity contribution in [2.24, 2.45) is 5.92 Å². The standard InChI is InChI=1S/C18H30N4O/c1-14-10-18(20-13-19-14)22-8-5-17(6-9-22)4-7-21-11-15(2)23-16(3)12-21/h10,13,15-17H,4-9,11-12H2,1-3H3. The number of aromatic nitrogens is 2. The molecule has 0 radical (unpaired) electrons. The molecule has 5 heteroatoms. The second-order valence-corrected chi connectivity index (χ2v) is 7.25. The van der Waals surface area contributed by atoms with Crippen LogP contribution in [-0.4, -0.2) is 59.8 Å². The molecule has 128 valence electrons. The number of hydrogen-bond donors (Lipinski definition) is 0. The Balaban J connectivity index is 1.42. The van der Waals surface area contributed by atoms with Gasteiger partial charge < -0.3 is 9.64 Å². The van der Waals surface area contributed by atoms with Crippen molar-refractivity contribution in [3.63, 3.8) is 0 Å². The molecule has 0 amide bonds. The van der Waals surface area contributed by atoms with Crippen LogP contribution in [0.25, 0.3) is 0 Å². The van der Waals surface area contributed by atoms with Gasteiger partial charge in [-0.15, -0.1) is 0 Å². The summed E-state index contributed by atoms with van der Waals surface area (Å²) in [6, 6.07) is 2.09. The van der Waals surface area contributed by atoms with Crippen LogP contribution < -0.4 is 4.90 Å². The summed E-state index contributed by atoms with van der Waals surface area (Å²) in [6.07, 6.45) is 6.30. The molecule has 2 aliphatic heterocycles. The first-order valence-corrected chi connectivity index (χ1v) is 9.01. The minimum atomic E-state index is 0.376. The van der Waals surface area contributed by atoms with Crippen molar-refractivity contribution < 1.29 is 4.74 Å². The first kappa shape index (κ1) is 16.7. The van der Waals surface area contributed by atoms with Gasteiger partial charge >= 0.3 is 0 Å². The van der Waals surface area contributed by atoms with Gasteiger partial charge in [-0.05, 0) is 52.5 Å². The number of nitrogens with zero attached hydrogens (tertiary/aromatic N) is 4. The third-order valence-electron chi connectivity index (χ3n) is 5.08. The Hall–Kier alpha value is -1.20. The average Bonchev–Trinajstić information content (AvgIpc) is 2.52. The number of morpholine rings is 1. The monoisotopic (exact) mass is 318 g/mol. The minimum Gasteiger partial charge on any atom is -0.373 e. The van der Waals surface area contributed by atoms with E-state index >= 15 is 0 Å². The fraction of sp³-hybridized carbons (Fsp3) is 0.778. The van der Waals surface area contributed by atoms with E-state index in [-0.39, 0.29) is 0 Å². The Morgan fingerprint density at radius 1 is 1.13 bits per heavy atom. The summed E-state index contributed by atoms with van der Waals surface area (Å²) in [6.45, 7) is 12.0. The normalized spacial score (nSPS) is 27.3. The molecule has 0 spiro atoms. The van der Waals surface area contributed by atoms with E-state index in [1.165, 1.54) is 25.8 Å². The van der Waals surface area contributed by atoms with Crippen LogP contribution in [0.1, 0.15) is 38.8 Å². The van der Waals surface area contributed by atoms with E-state index < -0.39 is 0 Å². The first-order chi connectivity index (χ1) is 11.1. The zero-order chi connectivity index (χ0) is 16.2. The highest BCUT2D eigenvalue weighted by Gasteiger charge is 2.24. The second kappa shape index (κ2) is 7.58. The maximum Gasteiger partial charge on any atom is 0.132 e. The van der Waals surface area contributed by atoms with Gasteiger partial charge in [-0.25, -0.2) is 9.97 Å². The van der Waals surface area contributed by atoms with Crippen LogP contribution in [-0.2, 0) is 4.74 Å². The van der Waals surface area contributed by atoms with E-state index in [0.717, 1.165) is 43.6 Å². The zero-order valence-electron chi connectivity index (χ0n) is 14.7. The molecular weight excluding hydrogens is 288 g/mol. The lowest BCUT2D eigenvalue weighted by Crippen LogP contribution is -2.46. The summed E-state index contributed by atoms with van der Waals surface area (Å²) in [5.41, 5.74) is 1.05.